The lowest BCUT2D eigenvalue weighted by molar-refractivity contribution is -0.141. The van der Waals surface area contributed by atoms with Gasteiger partial charge in [0.15, 0.2) is 11.5 Å². The van der Waals surface area contributed by atoms with E-state index < -0.39 is 30.0 Å². The standard InChI is InChI=1S/C23H27NO8/c1-13(2)12-32-18-7-6-15(9-19(18)30-4)16(10-21(28)31-5)22-17(25)8-14(3)24(23(22)29)11-20(26)27/h6-9,16,25H,1,10-12H2,2-5H3,(H,26,27). The van der Waals surface area contributed by atoms with E-state index >= 15 is 0 Å². The molecule has 0 fully saturated rings. The van der Waals surface area contributed by atoms with Crippen LogP contribution in [-0.2, 0) is 20.9 Å². The van der Waals surface area contributed by atoms with Crippen LogP contribution >= 0.6 is 0 Å². The highest BCUT2D eigenvalue weighted by Gasteiger charge is 2.28. The van der Waals surface area contributed by atoms with Crippen molar-refractivity contribution in [2.24, 2.45) is 0 Å². The van der Waals surface area contributed by atoms with E-state index in [0.717, 1.165) is 10.1 Å². The molecule has 0 saturated heterocycles. The van der Waals surface area contributed by atoms with Crippen LogP contribution in [0.4, 0.5) is 0 Å². The molecular weight excluding hydrogens is 418 g/mol. The number of aliphatic carboxylic acids is 1. The van der Waals surface area contributed by atoms with Crippen molar-refractivity contribution in [1.29, 1.82) is 0 Å². The molecule has 0 amide bonds. The Bertz CT molecular complexity index is 1090. The van der Waals surface area contributed by atoms with Crippen molar-refractivity contribution in [1.82, 2.24) is 4.57 Å². The van der Waals surface area contributed by atoms with Gasteiger partial charge in [-0.25, -0.2) is 0 Å². The smallest absolute Gasteiger partial charge is 0.323 e. The maximum absolute atomic E-state index is 13.2. The van der Waals surface area contributed by atoms with Gasteiger partial charge in [0.2, 0.25) is 0 Å². The number of nitrogens with zero attached hydrogens (tertiary/aromatic N) is 1. The number of rotatable bonds is 10. The molecule has 0 radical (unpaired) electrons. The highest BCUT2D eigenvalue weighted by atomic mass is 16.5. The molecule has 9 nitrogen and oxygen atoms in total. The van der Waals surface area contributed by atoms with Gasteiger partial charge in [-0.1, -0.05) is 12.6 Å². The van der Waals surface area contributed by atoms with Gasteiger partial charge in [0, 0.05) is 11.6 Å². The molecule has 1 heterocycles. The molecule has 1 aromatic heterocycles. The van der Waals surface area contributed by atoms with Gasteiger partial charge in [0.05, 0.1) is 26.2 Å². The molecule has 0 aliphatic heterocycles. The molecule has 32 heavy (non-hydrogen) atoms. The number of carboxylic acids is 1. The van der Waals surface area contributed by atoms with E-state index in [-0.39, 0.29) is 30.0 Å². The average molecular weight is 445 g/mol. The zero-order chi connectivity index (χ0) is 24.0. The first-order valence-electron chi connectivity index (χ1n) is 9.76. The van der Waals surface area contributed by atoms with E-state index in [0.29, 0.717) is 17.1 Å². The van der Waals surface area contributed by atoms with Crippen LogP contribution in [0.1, 0.15) is 36.1 Å². The van der Waals surface area contributed by atoms with Crippen LogP contribution in [-0.4, -0.2) is 47.5 Å². The van der Waals surface area contributed by atoms with Crippen LogP contribution in [0.5, 0.6) is 17.2 Å². The number of benzene rings is 1. The molecular formula is C23H27NO8. The number of hydrogen-bond acceptors (Lipinski definition) is 7. The van der Waals surface area contributed by atoms with Gasteiger partial charge in [-0.2, -0.15) is 0 Å². The van der Waals surface area contributed by atoms with Crippen LogP contribution in [0.25, 0.3) is 0 Å². The third kappa shape index (κ3) is 5.69. The Hall–Kier alpha value is -3.75. The van der Waals surface area contributed by atoms with Gasteiger partial charge in [0.1, 0.15) is 18.9 Å². The summed E-state index contributed by atoms with van der Waals surface area (Å²) >= 11 is 0. The zero-order valence-corrected chi connectivity index (χ0v) is 18.5. The highest BCUT2D eigenvalue weighted by Crippen LogP contribution is 2.37. The summed E-state index contributed by atoms with van der Waals surface area (Å²) in [6.45, 7) is 6.81. The Balaban J connectivity index is 2.66. The van der Waals surface area contributed by atoms with E-state index in [1.807, 2.05) is 6.92 Å². The van der Waals surface area contributed by atoms with Crippen molar-refractivity contribution in [3.05, 3.63) is 63.6 Å². The highest BCUT2D eigenvalue weighted by molar-refractivity contribution is 5.72. The third-order valence-electron chi connectivity index (χ3n) is 4.83. The number of carbonyl (C=O) groups is 2. The molecule has 0 spiro atoms. The van der Waals surface area contributed by atoms with Crippen molar-refractivity contribution in [2.45, 2.75) is 32.7 Å². The second-order valence-corrected chi connectivity index (χ2v) is 7.36. The summed E-state index contributed by atoms with van der Waals surface area (Å²) in [7, 11) is 2.66. The lowest BCUT2D eigenvalue weighted by atomic mass is 9.88. The first-order valence-corrected chi connectivity index (χ1v) is 9.76. The molecule has 9 heteroatoms. The minimum Gasteiger partial charge on any atom is -0.507 e. The number of aromatic nitrogens is 1. The number of ether oxygens (including phenoxy) is 3. The summed E-state index contributed by atoms with van der Waals surface area (Å²) in [4.78, 5) is 36.5. The summed E-state index contributed by atoms with van der Waals surface area (Å²) in [5.41, 5.74) is 0.744. The second-order valence-electron chi connectivity index (χ2n) is 7.36. The van der Waals surface area contributed by atoms with E-state index in [2.05, 4.69) is 6.58 Å². The van der Waals surface area contributed by atoms with Gasteiger partial charge in [-0.05, 0) is 43.2 Å². The second kappa shape index (κ2) is 10.5. The number of hydrogen-bond donors (Lipinski definition) is 2. The summed E-state index contributed by atoms with van der Waals surface area (Å²) in [6, 6.07) is 6.17. The molecule has 172 valence electrons. The predicted molar refractivity (Wildman–Crippen MR) is 117 cm³/mol. The van der Waals surface area contributed by atoms with Crippen molar-refractivity contribution in [3.63, 3.8) is 0 Å². The summed E-state index contributed by atoms with van der Waals surface area (Å²) in [6.07, 6.45) is -0.259. The Morgan fingerprint density at radius 1 is 1.19 bits per heavy atom. The van der Waals surface area contributed by atoms with Gasteiger partial charge >= 0.3 is 11.9 Å². The molecule has 1 atom stereocenters. The van der Waals surface area contributed by atoms with Crippen molar-refractivity contribution in [2.75, 3.05) is 20.8 Å². The molecule has 1 aromatic carbocycles. The molecule has 0 saturated carbocycles. The minimum atomic E-state index is -1.21. The molecule has 1 unspecified atom stereocenters. The van der Waals surface area contributed by atoms with Gasteiger partial charge < -0.3 is 29.0 Å². The Kier molecular flexibility index (Phi) is 8.06. The van der Waals surface area contributed by atoms with Crippen LogP contribution in [0.3, 0.4) is 0 Å². The number of pyridine rings is 1. The third-order valence-corrected chi connectivity index (χ3v) is 4.83. The van der Waals surface area contributed by atoms with Crippen LogP contribution in [0.15, 0.2) is 41.2 Å². The fourth-order valence-corrected chi connectivity index (χ4v) is 3.29. The lowest BCUT2D eigenvalue weighted by Gasteiger charge is -2.21. The Labute approximate surface area is 185 Å². The molecule has 2 aromatic rings. The van der Waals surface area contributed by atoms with E-state index in [4.69, 9.17) is 14.2 Å². The average Bonchev–Trinajstić information content (AvgIpc) is 2.73. The van der Waals surface area contributed by atoms with Gasteiger partial charge in [-0.3, -0.25) is 14.4 Å². The van der Waals surface area contributed by atoms with E-state index in [9.17, 15) is 24.6 Å². The van der Waals surface area contributed by atoms with Crippen molar-refractivity contribution < 1.29 is 34.0 Å². The largest absolute Gasteiger partial charge is 0.507 e. The zero-order valence-electron chi connectivity index (χ0n) is 18.5. The normalized spacial score (nSPS) is 11.5. The number of esters is 1. The van der Waals surface area contributed by atoms with Crippen molar-refractivity contribution >= 4 is 11.9 Å². The van der Waals surface area contributed by atoms with E-state index in [1.54, 1.807) is 18.2 Å². The fourth-order valence-electron chi connectivity index (χ4n) is 3.29. The number of aryl methyl sites for hydroxylation is 1. The molecule has 0 aliphatic carbocycles. The Morgan fingerprint density at radius 2 is 1.88 bits per heavy atom. The predicted octanol–water partition coefficient (Wildman–Crippen LogP) is 2.61. The number of methoxy groups -OCH3 is 2. The van der Waals surface area contributed by atoms with Crippen LogP contribution in [0, 0.1) is 6.92 Å². The maximum Gasteiger partial charge on any atom is 0.323 e. The van der Waals surface area contributed by atoms with Gasteiger partial charge in [-0.15, -0.1) is 0 Å². The fraction of sp³-hybridized carbons (Fsp3) is 0.348. The quantitative estimate of drug-likeness (QED) is 0.422. The van der Waals surface area contributed by atoms with Crippen LogP contribution < -0.4 is 15.0 Å². The SMILES string of the molecule is C=C(C)COc1ccc(C(CC(=O)OC)c2c(O)cc(C)n(CC(=O)O)c2=O)cc1OC. The number of carboxylic acid groups (broad SMARTS) is 1. The first-order chi connectivity index (χ1) is 15.1. The molecule has 0 bridgehead atoms. The molecule has 2 rings (SSSR count). The first kappa shape index (κ1) is 24.5. The lowest BCUT2D eigenvalue weighted by Crippen LogP contribution is -2.30. The minimum absolute atomic E-state index is 0.111. The topological polar surface area (TPSA) is 124 Å². The van der Waals surface area contributed by atoms with Crippen molar-refractivity contribution in [3.8, 4) is 17.2 Å². The van der Waals surface area contributed by atoms with Gasteiger partial charge in [0.25, 0.3) is 5.56 Å². The summed E-state index contributed by atoms with van der Waals surface area (Å²) in [5.74, 6) is -2.29. The Morgan fingerprint density at radius 3 is 2.44 bits per heavy atom. The van der Waals surface area contributed by atoms with E-state index in [1.165, 1.54) is 27.2 Å². The molecule has 2 N–H and O–H groups in total. The monoisotopic (exact) mass is 445 g/mol. The number of aromatic hydroxyl groups is 1. The summed E-state index contributed by atoms with van der Waals surface area (Å²) < 4.78 is 16.9. The molecule has 0 aliphatic rings. The maximum atomic E-state index is 13.2. The summed E-state index contributed by atoms with van der Waals surface area (Å²) in [5, 5.41) is 19.8. The number of carbonyl (C=O) groups excluding carboxylic acids is 1. The van der Waals surface area contributed by atoms with Crippen LogP contribution in [0.2, 0.25) is 0 Å².